The molecule has 1 N–H and O–H groups in total. The van der Waals surface area contributed by atoms with Crippen LogP contribution in [0.5, 0.6) is 0 Å². The Hall–Kier alpha value is -3.65. The molecule has 0 bridgehead atoms. The van der Waals surface area contributed by atoms with Crippen LogP contribution >= 0.6 is 0 Å². The van der Waals surface area contributed by atoms with E-state index in [0.29, 0.717) is 11.1 Å². The summed E-state index contributed by atoms with van der Waals surface area (Å²) in [7, 11) is -3.92. The fourth-order valence-electron chi connectivity index (χ4n) is 2.20. The minimum atomic E-state index is -4.75. The molecule has 1 heterocycles. The average molecular weight is 420 g/mol. The van der Waals surface area contributed by atoms with E-state index in [1.807, 2.05) is 6.07 Å². The van der Waals surface area contributed by atoms with Gasteiger partial charge in [-0.15, -0.1) is 0 Å². The standard InChI is InChI=1S/C18H11F3N4O3S/c19-18(20,21)17-23-16(24-28-17)9-6-12-2-1-3-15(10-12)29(26,27)25-14-7-4-13(11-22)5-8-14/h1-10,25H/b9-6+. The van der Waals surface area contributed by atoms with E-state index in [2.05, 4.69) is 19.4 Å². The van der Waals surface area contributed by atoms with Crippen molar-refractivity contribution in [1.82, 2.24) is 10.1 Å². The Morgan fingerprint density at radius 3 is 2.45 bits per heavy atom. The molecule has 3 rings (SSSR count). The summed E-state index contributed by atoms with van der Waals surface area (Å²) in [6.07, 6.45) is -2.23. The van der Waals surface area contributed by atoms with Gasteiger partial charge in [0, 0.05) is 5.69 Å². The quantitative estimate of drug-likeness (QED) is 0.670. The topological polar surface area (TPSA) is 109 Å². The summed E-state index contributed by atoms with van der Waals surface area (Å²) in [4.78, 5) is 3.13. The summed E-state index contributed by atoms with van der Waals surface area (Å²) in [5.74, 6) is -1.78. The molecule has 3 aromatic rings. The van der Waals surface area contributed by atoms with Crippen LogP contribution in [0.4, 0.5) is 18.9 Å². The molecule has 0 unspecified atom stereocenters. The number of hydrogen-bond donors (Lipinski definition) is 1. The van der Waals surface area contributed by atoms with Crippen LogP contribution in [0, 0.1) is 11.3 Å². The Kier molecular flexibility index (Phi) is 5.38. The molecule has 0 saturated heterocycles. The lowest BCUT2D eigenvalue weighted by Crippen LogP contribution is -2.12. The maximum atomic E-state index is 12.5. The monoisotopic (exact) mass is 420 g/mol. The van der Waals surface area contributed by atoms with E-state index in [0.717, 1.165) is 0 Å². The van der Waals surface area contributed by atoms with E-state index in [4.69, 9.17) is 5.26 Å². The highest BCUT2D eigenvalue weighted by atomic mass is 32.2. The van der Waals surface area contributed by atoms with E-state index in [9.17, 15) is 21.6 Å². The smallest absolute Gasteiger partial charge is 0.329 e. The number of nitriles is 1. The number of halogens is 3. The number of nitrogens with one attached hydrogen (secondary N) is 1. The van der Waals surface area contributed by atoms with Crippen molar-refractivity contribution >= 4 is 27.9 Å². The van der Waals surface area contributed by atoms with Gasteiger partial charge in [0.25, 0.3) is 10.0 Å². The normalized spacial score (nSPS) is 12.1. The van der Waals surface area contributed by atoms with Crippen LogP contribution in [0.3, 0.4) is 0 Å². The molecule has 29 heavy (non-hydrogen) atoms. The first-order valence-electron chi connectivity index (χ1n) is 7.89. The van der Waals surface area contributed by atoms with Crippen molar-refractivity contribution in [2.75, 3.05) is 4.72 Å². The number of anilines is 1. The van der Waals surface area contributed by atoms with E-state index >= 15 is 0 Å². The lowest BCUT2D eigenvalue weighted by molar-refractivity contribution is -0.159. The molecule has 0 saturated carbocycles. The number of aromatic nitrogens is 2. The van der Waals surface area contributed by atoms with Crippen molar-refractivity contribution in [2.24, 2.45) is 0 Å². The van der Waals surface area contributed by atoms with Gasteiger partial charge in [0.1, 0.15) is 0 Å². The fourth-order valence-corrected chi connectivity index (χ4v) is 3.31. The molecule has 148 valence electrons. The zero-order valence-corrected chi connectivity index (χ0v) is 15.2. The van der Waals surface area contributed by atoms with Gasteiger partial charge in [-0.3, -0.25) is 4.72 Å². The summed E-state index contributed by atoms with van der Waals surface area (Å²) < 4.78 is 68.9. The number of benzene rings is 2. The third-order valence-corrected chi connectivity index (χ3v) is 4.92. The van der Waals surface area contributed by atoms with Crippen molar-refractivity contribution in [3.8, 4) is 6.07 Å². The molecule has 0 aliphatic heterocycles. The summed E-state index contributed by atoms with van der Waals surface area (Å²) in [5.41, 5.74) is 1.05. The Morgan fingerprint density at radius 2 is 1.83 bits per heavy atom. The molecule has 0 atom stereocenters. The summed E-state index contributed by atoms with van der Waals surface area (Å²) >= 11 is 0. The number of rotatable bonds is 5. The van der Waals surface area contributed by atoms with Gasteiger partial charge in [0.2, 0.25) is 0 Å². The average Bonchev–Trinajstić information content (AvgIpc) is 3.17. The molecular weight excluding hydrogens is 409 g/mol. The Morgan fingerprint density at radius 1 is 1.10 bits per heavy atom. The zero-order valence-electron chi connectivity index (χ0n) is 14.4. The van der Waals surface area contributed by atoms with Crippen LogP contribution in [0.2, 0.25) is 0 Å². The van der Waals surface area contributed by atoms with Gasteiger partial charge < -0.3 is 4.52 Å². The zero-order chi connectivity index (χ0) is 21.1. The highest BCUT2D eigenvalue weighted by Gasteiger charge is 2.38. The lowest BCUT2D eigenvalue weighted by atomic mass is 10.2. The highest BCUT2D eigenvalue weighted by Crippen LogP contribution is 2.27. The van der Waals surface area contributed by atoms with Crippen molar-refractivity contribution in [3.05, 3.63) is 71.4 Å². The molecule has 0 radical (unpaired) electrons. The van der Waals surface area contributed by atoms with E-state index in [1.165, 1.54) is 54.6 Å². The molecule has 0 amide bonds. The van der Waals surface area contributed by atoms with Gasteiger partial charge in [0.15, 0.2) is 5.82 Å². The molecule has 7 nitrogen and oxygen atoms in total. The summed E-state index contributed by atoms with van der Waals surface area (Å²) in [6.45, 7) is 0. The van der Waals surface area contributed by atoms with Crippen molar-refractivity contribution in [3.63, 3.8) is 0 Å². The van der Waals surface area contributed by atoms with Crippen LogP contribution in [0.1, 0.15) is 22.8 Å². The minimum absolute atomic E-state index is 0.0619. The first kappa shape index (κ1) is 20.1. The fraction of sp³-hybridized carbons (Fsp3) is 0.0556. The van der Waals surface area contributed by atoms with Crippen LogP contribution < -0.4 is 4.72 Å². The maximum absolute atomic E-state index is 12.5. The van der Waals surface area contributed by atoms with Gasteiger partial charge in [-0.25, -0.2) is 8.42 Å². The second-order valence-corrected chi connectivity index (χ2v) is 7.34. The molecule has 0 spiro atoms. The number of nitrogens with zero attached hydrogens (tertiary/aromatic N) is 3. The molecule has 0 aliphatic carbocycles. The second kappa shape index (κ2) is 7.76. The van der Waals surface area contributed by atoms with Gasteiger partial charge in [-0.1, -0.05) is 23.4 Å². The first-order chi connectivity index (χ1) is 13.7. The second-order valence-electron chi connectivity index (χ2n) is 5.66. The molecule has 0 aliphatic rings. The van der Waals surface area contributed by atoms with Crippen molar-refractivity contribution in [2.45, 2.75) is 11.1 Å². The molecule has 1 aromatic heterocycles. The number of alkyl halides is 3. The Bertz CT molecular complexity index is 1190. The van der Waals surface area contributed by atoms with E-state index < -0.39 is 22.1 Å². The van der Waals surface area contributed by atoms with E-state index in [1.54, 1.807) is 6.07 Å². The summed E-state index contributed by atoms with van der Waals surface area (Å²) in [6, 6.07) is 13.5. The van der Waals surface area contributed by atoms with Crippen LogP contribution in [-0.4, -0.2) is 18.6 Å². The number of hydrogen-bond acceptors (Lipinski definition) is 6. The number of sulfonamides is 1. The highest BCUT2D eigenvalue weighted by molar-refractivity contribution is 7.92. The van der Waals surface area contributed by atoms with Gasteiger partial charge in [0.05, 0.1) is 16.5 Å². The van der Waals surface area contributed by atoms with Crippen LogP contribution in [0.15, 0.2) is 57.9 Å². The van der Waals surface area contributed by atoms with E-state index in [-0.39, 0.29) is 16.4 Å². The van der Waals surface area contributed by atoms with Crippen molar-refractivity contribution < 1.29 is 26.1 Å². The Labute approximate surface area is 163 Å². The van der Waals surface area contributed by atoms with Crippen LogP contribution in [-0.2, 0) is 16.2 Å². The predicted octanol–water partition coefficient (Wildman–Crippen LogP) is 3.93. The summed E-state index contributed by atoms with van der Waals surface area (Å²) in [5, 5.41) is 12.0. The Balaban J connectivity index is 1.79. The van der Waals surface area contributed by atoms with Crippen molar-refractivity contribution in [1.29, 1.82) is 5.26 Å². The van der Waals surface area contributed by atoms with Gasteiger partial charge >= 0.3 is 12.1 Å². The molecule has 11 heteroatoms. The third-order valence-electron chi connectivity index (χ3n) is 3.54. The van der Waals surface area contributed by atoms with Crippen LogP contribution in [0.25, 0.3) is 12.2 Å². The molecule has 2 aromatic carbocycles. The molecule has 0 fully saturated rings. The maximum Gasteiger partial charge on any atom is 0.471 e. The molecular formula is C18H11F3N4O3S. The third kappa shape index (κ3) is 4.99. The van der Waals surface area contributed by atoms with Gasteiger partial charge in [-0.05, 0) is 48.0 Å². The SMILES string of the molecule is N#Cc1ccc(NS(=O)(=O)c2cccc(/C=C/c3noc(C(F)(F)F)n3)c2)cc1. The first-order valence-corrected chi connectivity index (χ1v) is 9.38. The lowest BCUT2D eigenvalue weighted by Gasteiger charge is -2.08. The predicted molar refractivity (Wildman–Crippen MR) is 96.6 cm³/mol. The van der Waals surface area contributed by atoms with Gasteiger partial charge in [-0.2, -0.15) is 23.4 Å². The largest absolute Gasteiger partial charge is 0.471 e. The minimum Gasteiger partial charge on any atom is -0.329 e.